The maximum Gasteiger partial charge on any atom is 0.241 e. The molecule has 0 saturated carbocycles. The maximum absolute atomic E-state index is 12.9. The van der Waals surface area contributed by atoms with Gasteiger partial charge in [0.2, 0.25) is 15.9 Å². The van der Waals surface area contributed by atoms with Crippen LogP contribution in [0.5, 0.6) is 0 Å². The van der Waals surface area contributed by atoms with E-state index < -0.39 is 10.0 Å². The lowest BCUT2D eigenvalue weighted by Crippen LogP contribution is -2.27. The Balaban J connectivity index is 2.36. The van der Waals surface area contributed by atoms with E-state index in [9.17, 15) is 13.2 Å². The lowest BCUT2D eigenvalue weighted by atomic mass is 9.97. The van der Waals surface area contributed by atoms with Gasteiger partial charge in [0.05, 0.1) is 10.6 Å². The summed E-state index contributed by atoms with van der Waals surface area (Å²) in [5.74, 6) is -0.244. The van der Waals surface area contributed by atoms with Crippen molar-refractivity contribution in [1.82, 2.24) is 4.72 Å². The quantitative estimate of drug-likeness (QED) is 0.700. The molecule has 0 radical (unpaired) electrons. The van der Waals surface area contributed by atoms with E-state index in [4.69, 9.17) is 0 Å². The molecule has 2 N–H and O–H groups in total. The fourth-order valence-electron chi connectivity index (χ4n) is 2.96. The van der Waals surface area contributed by atoms with Crippen LogP contribution in [0.2, 0.25) is 0 Å². The largest absolute Gasteiger partial charge is 0.325 e. The number of amides is 1. The van der Waals surface area contributed by atoms with Gasteiger partial charge in [0.1, 0.15) is 0 Å². The lowest BCUT2D eigenvalue weighted by Gasteiger charge is -2.19. The van der Waals surface area contributed by atoms with Crippen molar-refractivity contribution >= 4 is 33.4 Å². The summed E-state index contributed by atoms with van der Waals surface area (Å²) in [6.07, 6.45) is 1.87. The van der Waals surface area contributed by atoms with E-state index in [1.54, 1.807) is 12.1 Å². The van der Waals surface area contributed by atoms with Crippen molar-refractivity contribution in [3.63, 3.8) is 0 Å². The highest BCUT2D eigenvalue weighted by atomic mass is 32.2. The molecule has 7 heteroatoms. The number of rotatable bonds is 6. The summed E-state index contributed by atoms with van der Waals surface area (Å²) in [5, 5.41) is 2.69. The third-order valence-electron chi connectivity index (χ3n) is 4.47. The van der Waals surface area contributed by atoms with Crippen LogP contribution >= 0.6 is 11.8 Å². The van der Waals surface area contributed by atoms with Crippen LogP contribution < -0.4 is 10.0 Å². The van der Waals surface area contributed by atoms with E-state index in [0.717, 1.165) is 21.6 Å². The van der Waals surface area contributed by atoms with E-state index in [0.29, 0.717) is 5.69 Å². The second kappa shape index (κ2) is 8.46. The number of nitrogens with one attached hydrogen (secondary N) is 2. The standard InChI is InChI=1S/C20H26N2O3S2/c1-12-9-14(3)18(10-13(12)2)15(4)22-27(24,25)17-7-8-20(26-6)19(11-17)21-16(5)23/h7-11,15,22H,1-6H3,(H,21,23)/t15-/m1/s1. The van der Waals surface area contributed by atoms with Gasteiger partial charge in [-0.15, -0.1) is 11.8 Å². The first-order chi connectivity index (χ1) is 12.5. The second-order valence-electron chi connectivity index (χ2n) is 6.68. The first-order valence-electron chi connectivity index (χ1n) is 8.61. The molecular weight excluding hydrogens is 380 g/mol. The van der Waals surface area contributed by atoms with Gasteiger partial charge >= 0.3 is 0 Å². The predicted octanol–water partition coefficient (Wildman–Crippen LogP) is 4.33. The molecule has 0 heterocycles. The monoisotopic (exact) mass is 406 g/mol. The predicted molar refractivity (Wildman–Crippen MR) is 112 cm³/mol. The van der Waals surface area contributed by atoms with Gasteiger partial charge in [0.25, 0.3) is 0 Å². The molecule has 2 aromatic carbocycles. The Kier molecular flexibility index (Phi) is 6.72. The Morgan fingerprint density at radius 3 is 2.26 bits per heavy atom. The zero-order valence-corrected chi connectivity index (χ0v) is 18.1. The minimum atomic E-state index is -3.74. The Labute approximate surface area is 166 Å². The van der Waals surface area contributed by atoms with Crippen molar-refractivity contribution in [2.45, 2.75) is 50.5 Å². The number of carbonyl (C=O) groups is 1. The van der Waals surface area contributed by atoms with E-state index in [2.05, 4.69) is 16.1 Å². The van der Waals surface area contributed by atoms with Gasteiger partial charge in [-0.3, -0.25) is 4.79 Å². The van der Waals surface area contributed by atoms with Crippen LogP contribution in [0.15, 0.2) is 40.1 Å². The number of benzene rings is 2. The Hall–Kier alpha value is -1.83. The highest BCUT2D eigenvalue weighted by Gasteiger charge is 2.21. The number of thioether (sulfide) groups is 1. The molecule has 2 rings (SSSR count). The Morgan fingerprint density at radius 2 is 1.67 bits per heavy atom. The molecule has 1 amide bonds. The SMILES string of the molecule is CSc1ccc(S(=O)(=O)N[C@H](C)c2cc(C)c(C)cc2C)cc1NC(C)=O. The number of anilines is 1. The fraction of sp³-hybridized carbons (Fsp3) is 0.350. The van der Waals surface area contributed by atoms with Gasteiger partial charge in [0.15, 0.2) is 0 Å². The molecule has 0 fully saturated rings. The van der Waals surface area contributed by atoms with Crippen LogP contribution in [0.3, 0.4) is 0 Å². The number of hydrogen-bond donors (Lipinski definition) is 2. The second-order valence-corrected chi connectivity index (χ2v) is 9.24. The molecule has 146 valence electrons. The van der Waals surface area contributed by atoms with Gasteiger partial charge in [-0.05, 0) is 74.4 Å². The molecule has 0 aromatic heterocycles. The van der Waals surface area contributed by atoms with Crippen molar-refractivity contribution in [2.24, 2.45) is 0 Å². The van der Waals surface area contributed by atoms with Crippen LogP contribution in [0, 0.1) is 20.8 Å². The molecule has 2 aromatic rings. The van der Waals surface area contributed by atoms with Gasteiger partial charge in [0, 0.05) is 17.9 Å². The Bertz CT molecular complexity index is 969. The summed E-state index contributed by atoms with van der Waals surface area (Å²) in [6, 6.07) is 8.47. The zero-order valence-electron chi connectivity index (χ0n) is 16.5. The number of carbonyl (C=O) groups excluding carboxylic acids is 1. The van der Waals surface area contributed by atoms with Crippen LogP contribution in [0.1, 0.15) is 42.1 Å². The summed E-state index contributed by atoms with van der Waals surface area (Å²) >= 11 is 1.44. The van der Waals surface area contributed by atoms with E-state index in [1.807, 2.05) is 40.0 Å². The lowest BCUT2D eigenvalue weighted by molar-refractivity contribution is -0.114. The molecule has 0 unspecified atom stereocenters. The van der Waals surface area contributed by atoms with Crippen molar-refractivity contribution < 1.29 is 13.2 Å². The van der Waals surface area contributed by atoms with E-state index >= 15 is 0 Å². The van der Waals surface area contributed by atoms with E-state index in [-0.39, 0.29) is 16.8 Å². The summed E-state index contributed by atoms with van der Waals surface area (Å²) < 4.78 is 28.5. The maximum atomic E-state index is 12.9. The van der Waals surface area contributed by atoms with Gasteiger partial charge < -0.3 is 5.32 Å². The molecule has 0 bridgehead atoms. The third kappa shape index (κ3) is 5.12. The number of aryl methyl sites for hydroxylation is 3. The van der Waals surface area contributed by atoms with Crippen molar-refractivity contribution in [1.29, 1.82) is 0 Å². The summed E-state index contributed by atoms with van der Waals surface area (Å²) in [4.78, 5) is 12.3. The fourth-order valence-corrected chi connectivity index (χ4v) is 4.74. The zero-order chi connectivity index (χ0) is 20.4. The molecule has 5 nitrogen and oxygen atoms in total. The molecule has 0 aliphatic rings. The topological polar surface area (TPSA) is 75.3 Å². The minimum absolute atomic E-state index is 0.123. The smallest absolute Gasteiger partial charge is 0.241 e. The van der Waals surface area contributed by atoms with Crippen LogP contribution in [-0.4, -0.2) is 20.6 Å². The summed E-state index contributed by atoms with van der Waals surface area (Å²) in [7, 11) is -3.74. The molecular formula is C20H26N2O3S2. The first kappa shape index (κ1) is 21.5. The van der Waals surface area contributed by atoms with Crippen LogP contribution in [-0.2, 0) is 14.8 Å². The van der Waals surface area contributed by atoms with Gasteiger partial charge in [-0.25, -0.2) is 13.1 Å². The summed E-state index contributed by atoms with van der Waals surface area (Å²) in [6.45, 7) is 9.26. The molecule has 0 spiro atoms. The normalized spacial score (nSPS) is 12.7. The highest BCUT2D eigenvalue weighted by molar-refractivity contribution is 7.98. The van der Waals surface area contributed by atoms with Crippen LogP contribution in [0.25, 0.3) is 0 Å². The molecule has 0 aliphatic heterocycles. The van der Waals surface area contributed by atoms with Crippen molar-refractivity contribution in [3.05, 3.63) is 52.6 Å². The Morgan fingerprint density at radius 1 is 1.04 bits per heavy atom. The minimum Gasteiger partial charge on any atom is -0.325 e. The molecule has 1 atom stereocenters. The van der Waals surface area contributed by atoms with Crippen molar-refractivity contribution in [3.8, 4) is 0 Å². The van der Waals surface area contributed by atoms with Gasteiger partial charge in [-0.1, -0.05) is 12.1 Å². The number of hydrogen-bond acceptors (Lipinski definition) is 4. The van der Waals surface area contributed by atoms with Crippen molar-refractivity contribution in [2.75, 3.05) is 11.6 Å². The molecule has 0 aliphatic carbocycles. The number of sulfonamides is 1. The van der Waals surface area contributed by atoms with Gasteiger partial charge in [-0.2, -0.15) is 0 Å². The average Bonchev–Trinajstić information content (AvgIpc) is 2.57. The first-order valence-corrected chi connectivity index (χ1v) is 11.3. The van der Waals surface area contributed by atoms with Crippen LogP contribution in [0.4, 0.5) is 5.69 Å². The molecule has 27 heavy (non-hydrogen) atoms. The van der Waals surface area contributed by atoms with E-state index in [1.165, 1.54) is 30.3 Å². The average molecular weight is 407 g/mol. The third-order valence-corrected chi connectivity index (χ3v) is 6.81. The molecule has 0 saturated heterocycles. The summed E-state index contributed by atoms with van der Waals surface area (Å²) in [5.41, 5.74) is 4.79. The highest BCUT2D eigenvalue weighted by Crippen LogP contribution is 2.29.